The van der Waals surface area contributed by atoms with E-state index in [0.717, 1.165) is 22.2 Å². The van der Waals surface area contributed by atoms with Gasteiger partial charge in [0, 0.05) is 30.2 Å². The molecule has 0 bridgehead atoms. The zero-order valence-electron chi connectivity index (χ0n) is 12.5. The number of carbonyl (C=O) groups excluding carboxylic acids is 2. The van der Waals surface area contributed by atoms with Crippen molar-refractivity contribution in [2.45, 2.75) is 11.5 Å². The molecule has 0 heterocycles. The number of carbonyl (C=O) groups is 2. The molecule has 0 aliphatic rings. The highest BCUT2D eigenvalue weighted by Crippen LogP contribution is 2.24. The Labute approximate surface area is 133 Å². The molecule has 1 amide bonds. The molecule has 2 aromatic carbocycles. The van der Waals surface area contributed by atoms with E-state index in [1.54, 1.807) is 44.5 Å². The van der Waals surface area contributed by atoms with Crippen molar-refractivity contribution >= 4 is 22.8 Å². The summed E-state index contributed by atoms with van der Waals surface area (Å²) < 4.78 is 5.04. The van der Waals surface area contributed by atoms with Crippen LogP contribution in [0.15, 0.2) is 53.4 Å². The van der Waals surface area contributed by atoms with Gasteiger partial charge in [0.1, 0.15) is 0 Å². The normalized spacial score (nSPS) is 10.3. The van der Waals surface area contributed by atoms with Crippen molar-refractivity contribution < 1.29 is 14.3 Å². The van der Waals surface area contributed by atoms with Gasteiger partial charge >= 0.3 is 0 Å². The van der Waals surface area contributed by atoms with Crippen LogP contribution in [0.3, 0.4) is 0 Å². The average Bonchev–Trinajstić information content (AvgIpc) is 2.55. The minimum atomic E-state index is -0.168. The first-order chi connectivity index (χ1) is 10.6. The largest absolute Gasteiger partial charge is 0.380 e. The average molecular weight is 315 g/mol. The summed E-state index contributed by atoms with van der Waals surface area (Å²) in [6, 6.07) is 14.3. The Morgan fingerprint density at radius 1 is 1.09 bits per heavy atom. The highest BCUT2D eigenvalue weighted by molar-refractivity contribution is 8.14. The zero-order chi connectivity index (χ0) is 15.9. The van der Waals surface area contributed by atoms with E-state index in [0.29, 0.717) is 17.7 Å². The lowest BCUT2D eigenvalue weighted by atomic mass is 10.1. The van der Waals surface area contributed by atoms with E-state index in [1.165, 1.54) is 0 Å². The van der Waals surface area contributed by atoms with Crippen molar-refractivity contribution in [2.75, 3.05) is 14.2 Å². The summed E-state index contributed by atoms with van der Waals surface area (Å²) >= 11 is 1.11. The third kappa shape index (κ3) is 4.19. The molecule has 2 aromatic rings. The highest BCUT2D eigenvalue weighted by Gasteiger charge is 2.10. The van der Waals surface area contributed by atoms with Crippen LogP contribution in [0.5, 0.6) is 0 Å². The van der Waals surface area contributed by atoms with Gasteiger partial charge in [0.2, 0.25) is 5.12 Å². The van der Waals surface area contributed by atoms with E-state index in [4.69, 9.17) is 4.74 Å². The molecule has 0 aliphatic heterocycles. The Bertz CT molecular complexity index is 668. The Morgan fingerprint density at radius 3 is 2.45 bits per heavy atom. The molecule has 1 N–H and O–H groups in total. The highest BCUT2D eigenvalue weighted by atomic mass is 32.2. The molecule has 22 heavy (non-hydrogen) atoms. The summed E-state index contributed by atoms with van der Waals surface area (Å²) in [4.78, 5) is 24.6. The molecule has 0 radical (unpaired) electrons. The Hall–Kier alpha value is -2.11. The topological polar surface area (TPSA) is 55.4 Å². The molecule has 2 rings (SSSR count). The second kappa shape index (κ2) is 7.77. The molecule has 5 heteroatoms. The standard InChI is InChI=1S/C17H17NO3S/c1-18-16(19)14-4-3-5-15(10-14)22-17(20)13-8-6-12(7-9-13)11-21-2/h3-10H,11H2,1-2H3,(H,18,19). The lowest BCUT2D eigenvalue weighted by Gasteiger charge is -2.05. The van der Waals surface area contributed by atoms with Crippen LogP contribution < -0.4 is 5.32 Å². The third-order valence-corrected chi connectivity index (χ3v) is 3.95. The summed E-state index contributed by atoms with van der Waals surface area (Å²) in [6.07, 6.45) is 0. The fraction of sp³-hybridized carbons (Fsp3) is 0.176. The summed E-state index contributed by atoms with van der Waals surface area (Å²) in [6.45, 7) is 0.524. The molecular formula is C17H17NO3S. The fourth-order valence-corrected chi connectivity index (χ4v) is 2.72. The molecule has 0 fully saturated rings. The van der Waals surface area contributed by atoms with Gasteiger partial charge in [-0.05, 0) is 35.5 Å². The molecule has 114 valence electrons. The number of nitrogens with one attached hydrogen (secondary N) is 1. The van der Waals surface area contributed by atoms with Crippen LogP contribution in [0.1, 0.15) is 26.3 Å². The monoisotopic (exact) mass is 315 g/mol. The third-order valence-electron chi connectivity index (χ3n) is 3.03. The van der Waals surface area contributed by atoms with Crippen molar-refractivity contribution in [2.24, 2.45) is 0 Å². The predicted molar refractivity (Wildman–Crippen MR) is 87.2 cm³/mol. The first kappa shape index (κ1) is 16.3. The van der Waals surface area contributed by atoms with Gasteiger partial charge in [-0.15, -0.1) is 0 Å². The van der Waals surface area contributed by atoms with E-state index in [-0.39, 0.29) is 11.0 Å². The summed E-state index contributed by atoms with van der Waals surface area (Å²) in [5.74, 6) is -0.168. The molecule has 0 saturated carbocycles. The van der Waals surface area contributed by atoms with Gasteiger partial charge in [-0.2, -0.15) is 0 Å². The van der Waals surface area contributed by atoms with Gasteiger partial charge in [0.15, 0.2) is 0 Å². The summed E-state index contributed by atoms with van der Waals surface area (Å²) in [7, 11) is 3.21. The number of hydrogen-bond donors (Lipinski definition) is 1. The van der Waals surface area contributed by atoms with Gasteiger partial charge in [-0.3, -0.25) is 9.59 Å². The minimum absolute atomic E-state index is 0.0574. The maximum absolute atomic E-state index is 12.3. The van der Waals surface area contributed by atoms with Gasteiger partial charge < -0.3 is 10.1 Å². The molecule has 0 saturated heterocycles. The Kier molecular flexibility index (Phi) is 5.75. The number of thioether (sulfide) groups is 1. The van der Waals surface area contributed by atoms with Crippen LogP contribution in [0, 0.1) is 0 Å². The van der Waals surface area contributed by atoms with Gasteiger partial charge in [-0.1, -0.05) is 30.3 Å². The van der Waals surface area contributed by atoms with Crippen LogP contribution in [0.2, 0.25) is 0 Å². The van der Waals surface area contributed by atoms with Crippen molar-refractivity contribution in [3.63, 3.8) is 0 Å². The van der Waals surface area contributed by atoms with Crippen molar-refractivity contribution in [1.29, 1.82) is 0 Å². The van der Waals surface area contributed by atoms with Crippen molar-refractivity contribution in [3.05, 3.63) is 65.2 Å². The maximum atomic E-state index is 12.3. The van der Waals surface area contributed by atoms with Crippen LogP contribution in [0.4, 0.5) is 0 Å². The maximum Gasteiger partial charge on any atom is 0.251 e. The first-order valence-corrected chi connectivity index (χ1v) is 7.58. The number of hydrogen-bond acceptors (Lipinski definition) is 4. The Balaban J connectivity index is 2.09. The molecule has 0 unspecified atom stereocenters. The van der Waals surface area contributed by atoms with Crippen LogP contribution in [0.25, 0.3) is 0 Å². The fourth-order valence-electron chi connectivity index (χ4n) is 1.91. The quantitative estimate of drug-likeness (QED) is 0.861. The van der Waals surface area contributed by atoms with Crippen LogP contribution in [-0.4, -0.2) is 25.2 Å². The van der Waals surface area contributed by atoms with Gasteiger partial charge in [0.25, 0.3) is 5.91 Å². The van der Waals surface area contributed by atoms with Crippen LogP contribution >= 0.6 is 11.8 Å². The minimum Gasteiger partial charge on any atom is -0.380 e. The van der Waals surface area contributed by atoms with Crippen molar-refractivity contribution in [1.82, 2.24) is 5.32 Å². The van der Waals surface area contributed by atoms with E-state index in [9.17, 15) is 9.59 Å². The van der Waals surface area contributed by atoms with Crippen molar-refractivity contribution in [3.8, 4) is 0 Å². The zero-order valence-corrected chi connectivity index (χ0v) is 13.3. The lowest BCUT2D eigenvalue weighted by Crippen LogP contribution is -2.17. The second-order valence-electron chi connectivity index (χ2n) is 4.63. The number of ether oxygens (including phenoxy) is 1. The molecule has 0 atom stereocenters. The lowest BCUT2D eigenvalue weighted by molar-refractivity contribution is 0.0962. The SMILES string of the molecule is CNC(=O)c1cccc(SC(=O)c2ccc(COC)cc2)c1. The molecule has 4 nitrogen and oxygen atoms in total. The summed E-state index contributed by atoms with van der Waals surface area (Å²) in [5.41, 5.74) is 2.18. The van der Waals surface area contributed by atoms with Gasteiger partial charge in [0.05, 0.1) is 6.61 Å². The second-order valence-corrected chi connectivity index (χ2v) is 5.67. The van der Waals surface area contributed by atoms with E-state index >= 15 is 0 Å². The molecule has 0 spiro atoms. The Morgan fingerprint density at radius 2 is 1.82 bits per heavy atom. The number of benzene rings is 2. The smallest absolute Gasteiger partial charge is 0.251 e. The molecular weight excluding hydrogens is 298 g/mol. The van der Waals surface area contributed by atoms with Gasteiger partial charge in [-0.25, -0.2) is 0 Å². The molecule has 0 aliphatic carbocycles. The van der Waals surface area contributed by atoms with E-state index in [1.807, 2.05) is 18.2 Å². The predicted octanol–water partition coefficient (Wildman–Crippen LogP) is 3.13. The number of methoxy groups -OCH3 is 1. The summed E-state index contributed by atoms with van der Waals surface area (Å²) in [5, 5.41) is 2.51. The number of rotatable bonds is 5. The van der Waals surface area contributed by atoms with E-state index in [2.05, 4.69) is 5.32 Å². The molecule has 0 aromatic heterocycles. The number of amides is 1. The first-order valence-electron chi connectivity index (χ1n) is 6.76. The van der Waals surface area contributed by atoms with E-state index < -0.39 is 0 Å². The van der Waals surface area contributed by atoms with Crippen LogP contribution in [-0.2, 0) is 11.3 Å².